The molecule has 0 radical (unpaired) electrons. The highest BCUT2D eigenvalue weighted by molar-refractivity contribution is 5.48. The topological polar surface area (TPSA) is 45.0 Å². The average Bonchev–Trinajstić information content (AvgIpc) is 2.74. The summed E-state index contributed by atoms with van der Waals surface area (Å²) in [6.07, 6.45) is 2.08. The third-order valence-electron chi connectivity index (χ3n) is 3.06. The Kier molecular flexibility index (Phi) is 3.30. The van der Waals surface area contributed by atoms with Crippen LogP contribution in [0.4, 0.5) is 10.1 Å². The molecular weight excluding hydrogens is 219 g/mol. The molecule has 1 aliphatic rings. The van der Waals surface area contributed by atoms with E-state index < -0.39 is 5.82 Å². The number of anilines is 1. The third kappa shape index (κ3) is 2.75. The number of hydrogen-bond donors (Lipinski definition) is 1. The number of hydrogen-bond acceptors (Lipinski definition) is 3. The highest BCUT2D eigenvalue weighted by Gasteiger charge is 2.29. The molecule has 3 nitrogen and oxygen atoms in total. The van der Waals surface area contributed by atoms with E-state index in [4.69, 9.17) is 10.00 Å². The zero-order valence-corrected chi connectivity index (χ0v) is 9.79. The Balaban J connectivity index is 2.00. The van der Waals surface area contributed by atoms with Gasteiger partial charge in [-0.3, -0.25) is 0 Å². The molecule has 90 valence electrons. The lowest BCUT2D eigenvalue weighted by atomic mass is 10.0. The summed E-state index contributed by atoms with van der Waals surface area (Å²) in [5.74, 6) is -0.491. The maximum atomic E-state index is 13.4. The lowest BCUT2D eigenvalue weighted by Gasteiger charge is -2.24. The first kappa shape index (κ1) is 11.9. The van der Waals surface area contributed by atoms with Crippen LogP contribution in [-0.4, -0.2) is 18.8 Å². The van der Waals surface area contributed by atoms with Crippen LogP contribution in [-0.2, 0) is 4.74 Å². The Bertz CT molecular complexity index is 447. The summed E-state index contributed by atoms with van der Waals surface area (Å²) in [6, 6.07) is 6.33. The summed E-state index contributed by atoms with van der Waals surface area (Å²) >= 11 is 0. The summed E-state index contributed by atoms with van der Waals surface area (Å²) < 4.78 is 19.0. The van der Waals surface area contributed by atoms with Crippen molar-refractivity contribution in [2.45, 2.75) is 25.4 Å². The summed E-state index contributed by atoms with van der Waals surface area (Å²) in [6.45, 7) is 3.49. The number of rotatable bonds is 3. The van der Waals surface area contributed by atoms with Crippen molar-refractivity contribution in [2.75, 3.05) is 18.5 Å². The van der Waals surface area contributed by atoms with Crippen LogP contribution in [0.25, 0.3) is 0 Å². The maximum absolute atomic E-state index is 13.4. The van der Waals surface area contributed by atoms with Crippen molar-refractivity contribution in [2.24, 2.45) is 0 Å². The van der Waals surface area contributed by atoms with Crippen LogP contribution in [0.15, 0.2) is 18.2 Å². The second-order valence-corrected chi connectivity index (χ2v) is 4.56. The molecule has 1 aromatic carbocycles. The number of halogens is 1. The Labute approximate surface area is 100 Å². The molecule has 1 N–H and O–H groups in total. The van der Waals surface area contributed by atoms with E-state index >= 15 is 0 Å². The van der Waals surface area contributed by atoms with Crippen LogP contribution in [0.3, 0.4) is 0 Å². The molecule has 0 bridgehead atoms. The normalized spacial score (nSPS) is 23.4. The summed E-state index contributed by atoms with van der Waals surface area (Å²) in [5, 5.41) is 11.8. The van der Waals surface area contributed by atoms with Gasteiger partial charge in [-0.05, 0) is 38.0 Å². The summed E-state index contributed by atoms with van der Waals surface area (Å²) in [4.78, 5) is 0. The Hall–Kier alpha value is -1.60. The van der Waals surface area contributed by atoms with Crippen molar-refractivity contribution in [3.05, 3.63) is 29.6 Å². The first-order chi connectivity index (χ1) is 8.13. The van der Waals surface area contributed by atoms with Gasteiger partial charge in [-0.15, -0.1) is 0 Å². The quantitative estimate of drug-likeness (QED) is 0.874. The monoisotopic (exact) mass is 234 g/mol. The number of nitrogens with one attached hydrogen (secondary N) is 1. The van der Waals surface area contributed by atoms with Gasteiger partial charge in [-0.1, -0.05) is 0 Å². The molecule has 17 heavy (non-hydrogen) atoms. The molecule has 1 aliphatic heterocycles. The van der Waals surface area contributed by atoms with Crippen molar-refractivity contribution in [1.29, 1.82) is 5.26 Å². The van der Waals surface area contributed by atoms with Gasteiger partial charge in [0.2, 0.25) is 0 Å². The molecule has 1 unspecified atom stereocenters. The van der Waals surface area contributed by atoms with E-state index in [0.29, 0.717) is 12.2 Å². The SMILES string of the molecule is CC1(CNc2ccc(C#N)c(F)c2)CCCO1. The van der Waals surface area contributed by atoms with Gasteiger partial charge >= 0.3 is 0 Å². The molecule has 1 fully saturated rings. The first-order valence-corrected chi connectivity index (χ1v) is 5.70. The standard InChI is InChI=1S/C13H15FN2O/c1-13(5-2-6-17-13)9-16-11-4-3-10(8-15)12(14)7-11/h3-4,7,16H,2,5-6,9H2,1H3. The molecule has 0 spiro atoms. The Morgan fingerprint density at radius 2 is 2.41 bits per heavy atom. The van der Waals surface area contributed by atoms with Crippen molar-refractivity contribution in [1.82, 2.24) is 0 Å². The van der Waals surface area contributed by atoms with Gasteiger partial charge in [0.1, 0.15) is 11.9 Å². The average molecular weight is 234 g/mol. The molecular formula is C13H15FN2O. The molecule has 0 aromatic heterocycles. The number of benzene rings is 1. The van der Waals surface area contributed by atoms with E-state index in [-0.39, 0.29) is 11.2 Å². The van der Waals surface area contributed by atoms with E-state index in [1.54, 1.807) is 12.1 Å². The van der Waals surface area contributed by atoms with Gasteiger partial charge in [0, 0.05) is 18.8 Å². The van der Waals surface area contributed by atoms with Crippen molar-refractivity contribution in [3.63, 3.8) is 0 Å². The van der Waals surface area contributed by atoms with Crippen molar-refractivity contribution in [3.8, 4) is 6.07 Å². The zero-order chi connectivity index (χ0) is 12.3. The van der Waals surface area contributed by atoms with Crippen molar-refractivity contribution < 1.29 is 9.13 Å². The third-order valence-corrected chi connectivity index (χ3v) is 3.06. The zero-order valence-electron chi connectivity index (χ0n) is 9.79. The van der Waals surface area contributed by atoms with E-state index in [1.807, 2.05) is 6.92 Å². The van der Waals surface area contributed by atoms with Crippen LogP contribution >= 0.6 is 0 Å². The van der Waals surface area contributed by atoms with Gasteiger partial charge in [0.15, 0.2) is 0 Å². The molecule has 0 amide bonds. The first-order valence-electron chi connectivity index (χ1n) is 5.70. The predicted molar refractivity (Wildman–Crippen MR) is 63.2 cm³/mol. The summed E-state index contributed by atoms with van der Waals surface area (Å²) in [7, 11) is 0. The second-order valence-electron chi connectivity index (χ2n) is 4.56. The molecule has 4 heteroatoms. The van der Waals surface area contributed by atoms with Crippen LogP contribution in [0.2, 0.25) is 0 Å². The largest absolute Gasteiger partial charge is 0.382 e. The fraction of sp³-hybridized carbons (Fsp3) is 0.462. The molecule has 1 heterocycles. The molecule has 0 aliphatic carbocycles. The number of nitrogens with zero attached hydrogens (tertiary/aromatic N) is 1. The smallest absolute Gasteiger partial charge is 0.143 e. The van der Waals surface area contributed by atoms with Gasteiger partial charge < -0.3 is 10.1 Å². The lowest BCUT2D eigenvalue weighted by Crippen LogP contribution is -2.32. The van der Waals surface area contributed by atoms with E-state index in [9.17, 15) is 4.39 Å². The predicted octanol–water partition coefficient (Wildman–Crippen LogP) is 2.68. The minimum absolute atomic E-state index is 0.0684. The Morgan fingerprint density at radius 3 is 3.00 bits per heavy atom. The number of ether oxygens (including phenoxy) is 1. The number of nitriles is 1. The van der Waals surface area contributed by atoms with Gasteiger partial charge in [0.05, 0.1) is 11.2 Å². The van der Waals surface area contributed by atoms with Crippen molar-refractivity contribution >= 4 is 5.69 Å². The van der Waals surface area contributed by atoms with Gasteiger partial charge in [-0.2, -0.15) is 5.26 Å². The molecule has 1 atom stereocenters. The highest BCUT2D eigenvalue weighted by Crippen LogP contribution is 2.25. The molecule has 1 saturated heterocycles. The van der Waals surface area contributed by atoms with E-state index in [2.05, 4.69) is 5.32 Å². The van der Waals surface area contributed by atoms with Crippen LogP contribution in [0.1, 0.15) is 25.3 Å². The summed E-state index contributed by atoms with van der Waals surface area (Å²) in [5.41, 5.74) is 0.585. The molecule has 2 rings (SSSR count). The van der Waals surface area contributed by atoms with Gasteiger partial charge in [0.25, 0.3) is 0 Å². The fourth-order valence-electron chi connectivity index (χ4n) is 1.98. The van der Waals surface area contributed by atoms with Crippen LogP contribution in [0, 0.1) is 17.1 Å². The van der Waals surface area contributed by atoms with Crippen LogP contribution < -0.4 is 5.32 Å². The minimum Gasteiger partial charge on any atom is -0.382 e. The van der Waals surface area contributed by atoms with Gasteiger partial charge in [-0.25, -0.2) is 4.39 Å². The molecule has 1 aromatic rings. The maximum Gasteiger partial charge on any atom is 0.143 e. The Morgan fingerprint density at radius 1 is 1.59 bits per heavy atom. The van der Waals surface area contributed by atoms with Crippen LogP contribution in [0.5, 0.6) is 0 Å². The minimum atomic E-state index is -0.491. The van der Waals surface area contributed by atoms with E-state index in [0.717, 1.165) is 19.4 Å². The second kappa shape index (κ2) is 4.72. The fourth-order valence-corrected chi connectivity index (χ4v) is 1.98. The molecule has 0 saturated carbocycles. The lowest BCUT2D eigenvalue weighted by molar-refractivity contribution is 0.0315. The highest BCUT2D eigenvalue weighted by atomic mass is 19.1. The van der Waals surface area contributed by atoms with E-state index in [1.165, 1.54) is 12.1 Å².